The third-order valence-corrected chi connectivity index (χ3v) is 7.16. The van der Waals surface area contributed by atoms with Crippen molar-refractivity contribution in [1.82, 2.24) is 15.3 Å². The van der Waals surface area contributed by atoms with Crippen LogP contribution >= 0.6 is 0 Å². The van der Waals surface area contributed by atoms with Crippen molar-refractivity contribution in [3.8, 4) is 17.4 Å². The van der Waals surface area contributed by atoms with Crippen LogP contribution in [0.25, 0.3) is 0 Å². The molecule has 0 atom stereocenters. The Labute approximate surface area is 228 Å². The molecule has 1 saturated heterocycles. The van der Waals surface area contributed by atoms with E-state index in [1.54, 1.807) is 24.3 Å². The van der Waals surface area contributed by atoms with Gasteiger partial charge in [-0.3, -0.25) is 9.59 Å². The third kappa shape index (κ3) is 5.86. The lowest BCUT2D eigenvalue weighted by Gasteiger charge is -2.27. The van der Waals surface area contributed by atoms with Gasteiger partial charge in [0, 0.05) is 37.1 Å². The Morgan fingerprint density at radius 3 is 2.60 bits per heavy atom. The van der Waals surface area contributed by atoms with Gasteiger partial charge in [0.25, 0.3) is 5.91 Å². The molecule has 12 heteroatoms. The minimum absolute atomic E-state index is 0.00844. The number of ketones is 1. The summed E-state index contributed by atoms with van der Waals surface area (Å²) in [7, 11) is 3.54. The molecule has 40 heavy (non-hydrogen) atoms. The number of nitrogens with zero attached hydrogens (tertiary/aromatic N) is 2. The van der Waals surface area contributed by atoms with E-state index >= 15 is 0 Å². The summed E-state index contributed by atoms with van der Waals surface area (Å²) in [5, 5.41) is 5.89. The Morgan fingerprint density at radius 2 is 1.88 bits per heavy atom. The van der Waals surface area contributed by atoms with Gasteiger partial charge < -0.3 is 25.0 Å². The molecular weight excluding hydrogens is 527 g/mol. The summed E-state index contributed by atoms with van der Waals surface area (Å²) in [5.74, 6) is -1.08. The van der Waals surface area contributed by atoms with E-state index in [1.807, 2.05) is 0 Å². The highest BCUT2D eigenvalue weighted by atomic mass is 19.4. The standard InChI is InChI=1S/C28H28F3N5O4/c1-36-12-10-18(11-13-36)33-25(38)17-6-8-20(23(14-17)39-2)34-27-32-15-19(28(29,30)31)26(35-27)40-22-5-3-4-16-7-9-21(37)24(16)22/h3-6,8,14-15,18H,7,9-13H2,1-2H3,(H,33,38)(H,32,34,35)/p+1. The number of ether oxygens (including phenoxy) is 2. The summed E-state index contributed by atoms with van der Waals surface area (Å²) in [4.78, 5) is 34.4. The molecule has 5 rings (SSSR count). The molecule has 0 bridgehead atoms. The normalized spacial score (nSPS) is 18.7. The number of nitrogens with one attached hydrogen (secondary N) is 3. The molecule has 210 valence electrons. The fourth-order valence-corrected chi connectivity index (χ4v) is 4.94. The van der Waals surface area contributed by atoms with Gasteiger partial charge in [-0.1, -0.05) is 12.1 Å². The molecule has 3 N–H and O–H groups in total. The van der Waals surface area contributed by atoms with Gasteiger partial charge in [-0.15, -0.1) is 0 Å². The van der Waals surface area contributed by atoms with Crippen LogP contribution in [0.2, 0.25) is 0 Å². The lowest BCUT2D eigenvalue weighted by atomic mass is 10.0. The molecule has 2 heterocycles. The van der Waals surface area contributed by atoms with E-state index in [0.29, 0.717) is 29.4 Å². The summed E-state index contributed by atoms with van der Waals surface area (Å²) >= 11 is 0. The second-order valence-electron chi connectivity index (χ2n) is 9.97. The number of fused-ring (bicyclic) bond motifs is 1. The second kappa shape index (κ2) is 11.1. The molecule has 2 aromatic carbocycles. The van der Waals surface area contributed by atoms with Crippen LogP contribution in [0.3, 0.4) is 0 Å². The number of methoxy groups -OCH3 is 1. The van der Waals surface area contributed by atoms with Crippen LogP contribution in [0.1, 0.15) is 51.1 Å². The highest BCUT2D eigenvalue weighted by Crippen LogP contribution is 2.40. The van der Waals surface area contributed by atoms with Crippen molar-refractivity contribution in [2.24, 2.45) is 0 Å². The van der Waals surface area contributed by atoms with E-state index in [-0.39, 0.29) is 47.2 Å². The van der Waals surface area contributed by atoms with Crippen molar-refractivity contribution >= 4 is 23.3 Å². The Kier molecular flexibility index (Phi) is 7.61. The van der Waals surface area contributed by atoms with Crippen LogP contribution in [0.5, 0.6) is 17.4 Å². The molecule has 0 saturated carbocycles. The zero-order valence-electron chi connectivity index (χ0n) is 22.0. The van der Waals surface area contributed by atoms with Crippen LogP contribution < -0.4 is 25.0 Å². The molecule has 1 aromatic heterocycles. The second-order valence-corrected chi connectivity index (χ2v) is 9.97. The topological polar surface area (TPSA) is 107 Å². The first-order valence-corrected chi connectivity index (χ1v) is 13.0. The van der Waals surface area contributed by atoms with Gasteiger partial charge in [0.2, 0.25) is 11.8 Å². The number of hydrogen-bond acceptors (Lipinski definition) is 7. The van der Waals surface area contributed by atoms with Crippen molar-refractivity contribution in [2.75, 3.05) is 32.6 Å². The number of halogens is 3. The number of alkyl halides is 3. The maximum absolute atomic E-state index is 13.8. The van der Waals surface area contributed by atoms with Crippen molar-refractivity contribution in [2.45, 2.75) is 37.9 Å². The molecule has 1 aliphatic heterocycles. The molecule has 0 unspecified atom stereocenters. The van der Waals surface area contributed by atoms with Gasteiger partial charge in [0.15, 0.2) is 5.78 Å². The fourth-order valence-electron chi connectivity index (χ4n) is 4.94. The van der Waals surface area contributed by atoms with E-state index in [1.165, 1.54) is 24.1 Å². The van der Waals surface area contributed by atoms with Crippen LogP contribution in [-0.4, -0.2) is 54.9 Å². The van der Waals surface area contributed by atoms with E-state index in [4.69, 9.17) is 9.47 Å². The average Bonchev–Trinajstić information content (AvgIpc) is 3.31. The maximum atomic E-state index is 13.8. The molecule has 0 radical (unpaired) electrons. The van der Waals surface area contributed by atoms with Crippen molar-refractivity contribution in [1.29, 1.82) is 0 Å². The Balaban J connectivity index is 1.39. The highest BCUT2D eigenvalue weighted by molar-refractivity contribution is 6.03. The van der Waals surface area contributed by atoms with Gasteiger partial charge >= 0.3 is 6.18 Å². The summed E-state index contributed by atoms with van der Waals surface area (Å²) < 4.78 is 52.4. The number of Topliss-reactive ketones (excluding diaryl/α,β-unsaturated/α-hetero) is 1. The van der Waals surface area contributed by atoms with E-state index in [2.05, 4.69) is 27.6 Å². The van der Waals surface area contributed by atoms with Crippen LogP contribution in [0.4, 0.5) is 24.8 Å². The van der Waals surface area contributed by atoms with Crippen LogP contribution in [0, 0.1) is 0 Å². The average molecular weight is 557 g/mol. The van der Waals surface area contributed by atoms with Gasteiger partial charge in [-0.25, -0.2) is 4.98 Å². The van der Waals surface area contributed by atoms with Crippen molar-refractivity contribution in [3.63, 3.8) is 0 Å². The number of amides is 1. The first-order chi connectivity index (χ1) is 19.1. The van der Waals surface area contributed by atoms with Gasteiger partial charge in [-0.05, 0) is 36.2 Å². The molecule has 1 amide bonds. The van der Waals surface area contributed by atoms with Gasteiger partial charge in [0.1, 0.15) is 17.1 Å². The predicted molar refractivity (Wildman–Crippen MR) is 140 cm³/mol. The molecule has 9 nitrogen and oxygen atoms in total. The molecule has 2 aliphatic rings. The Hall–Kier alpha value is -4.19. The largest absolute Gasteiger partial charge is 0.495 e. The SMILES string of the molecule is COc1cc(C(=O)NC2CC[NH+](C)CC2)ccc1Nc1ncc(C(F)(F)F)c(Oc2cccc3c2C(=O)CC3)n1. The first-order valence-electron chi connectivity index (χ1n) is 13.0. The predicted octanol–water partition coefficient (Wildman–Crippen LogP) is 3.58. The first kappa shape index (κ1) is 27.4. The smallest absolute Gasteiger partial charge is 0.423 e. The summed E-state index contributed by atoms with van der Waals surface area (Å²) in [6, 6.07) is 9.60. The van der Waals surface area contributed by atoms with Crippen LogP contribution in [-0.2, 0) is 12.6 Å². The fraction of sp³-hybridized carbons (Fsp3) is 0.357. The number of carbonyl (C=O) groups is 2. The van der Waals surface area contributed by atoms with Gasteiger partial charge in [0.05, 0.1) is 38.5 Å². The van der Waals surface area contributed by atoms with E-state index in [0.717, 1.165) is 25.9 Å². The van der Waals surface area contributed by atoms with Crippen molar-refractivity contribution < 1.29 is 37.1 Å². The molecule has 1 fully saturated rings. The Morgan fingerprint density at radius 1 is 1.10 bits per heavy atom. The van der Waals surface area contributed by atoms with E-state index in [9.17, 15) is 22.8 Å². The number of carbonyl (C=O) groups excluding carboxylic acids is 2. The van der Waals surface area contributed by atoms with Crippen LogP contribution in [0.15, 0.2) is 42.6 Å². The number of hydrogen-bond donors (Lipinski definition) is 3. The van der Waals surface area contributed by atoms with E-state index < -0.39 is 17.6 Å². The lowest BCUT2D eigenvalue weighted by Crippen LogP contribution is -3.10. The summed E-state index contributed by atoms with van der Waals surface area (Å²) in [5.41, 5.74) is 0.516. The summed E-state index contributed by atoms with van der Waals surface area (Å²) in [6.07, 6.45) is -1.62. The molecule has 0 spiro atoms. The minimum Gasteiger partial charge on any atom is -0.495 e. The quantitative estimate of drug-likeness (QED) is 0.409. The van der Waals surface area contributed by atoms with Crippen molar-refractivity contribution in [3.05, 3.63) is 64.8 Å². The molecule has 1 aliphatic carbocycles. The number of aromatic nitrogens is 2. The molecular formula is C28H29F3N5O4+. The zero-order chi connectivity index (χ0) is 28.4. The maximum Gasteiger partial charge on any atom is 0.423 e. The van der Waals surface area contributed by atoms with Gasteiger partial charge in [-0.2, -0.15) is 18.2 Å². The third-order valence-electron chi connectivity index (χ3n) is 7.16. The number of quaternary nitrogens is 1. The molecule has 3 aromatic rings. The number of rotatable bonds is 7. The number of anilines is 2. The number of likely N-dealkylation sites (tertiary alicyclic amines) is 1. The monoisotopic (exact) mass is 556 g/mol. The number of piperidine rings is 1. The Bertz CT molecular complexity index is 1440. The highest BCUT2D eigenvalue weighted by Gasteiger charge is 2.37. The summed E-state index contributed by atoms with van der Waals surface area (Å²) in [6.45, 7) is 1.97. The number of aryl methyl sites for hydroxylation is 1. The minimum atomic E-state index is -4.79. The lowest BCUT2D eigenvalue weighted by molar-refractivity contribution is -0.884. The number of benzene rings is 2. The zero-order valence-corrected chi connectivity index (χ0v) is 22.0.